The van der Waals surface area contributed by atoms with Crippen molar-refractivity contribution in [1.82, 2.24) is 0 Å². The van der Waals surface area contributed by atoms with E-state index in [1.54, 1.807) is 13.2 Å². The van der Waals surface area contributed by atoms with E-state index in [0.29, 0.717) is 12.3 Å². The molecule has 0 saturated heterocycles. The highest BCUT2D eigenvalue weighted by Gasteiger charge is 2.12. The van der Waals surface area contributed by atoms with Crippen LogP contribution in [0.15, 0.2) is 40.9 Å². The Labute approximate surface area is 135 Å². The largest absolute Gasteiger partial charge is 0.495 e. The zero-order valence-corrected chi connectivity index (χ0v) is 13.4. The number of nitrogens with one attached hydrogen (secondary N) is 1. The van der Waals surface area contributed by atoms with Crippen LogP contribution in [-0.4, -0.2) is 12.0 Å². The predicted molar refractivity (Wildman–Crippen MR) is 86.1 cm³/mol. The summed E-state index contributed by atoms with van der Waals surface area (Å²) in [5, 5.41) is 14.2. The quantitative estimate of drug-likeness (QED) is 0.614. The van der Waals surface area contributed by atoms with Crippen molar-refractivity contribution in [2.45, 2.75) is 6.54 Å². The summed E-state index contributed by atoms with van der Waals surface area (Å²) in [6.45, 7) is 0.447. The highest BCUT2D eigenvalue weighted by atomic mass is 79.9. The van der Waals surface area contributed by atoms with E-state index in [4.69, 9.17) is 16.3 Å². The molecule has 7 heteroatoms. The van der Waals surface area contributed by atoms with Crippen LogP contribution in [0.1, 0.15) is 5.56 Å². The molecule has 2 aromatic rings. The molecule has 0 bridgehead atoms. The summed E-state index contributed by atoms with van der Waals surface area (Å²) in [5.41, 5.74) is 1.53. The van der Waals surface area contributed by atoms with Crippen molar-refractivity contribution < 1.29 is 9.66 Å². The molecule has 2 aromatic carbocycles. The van der Waals surface area contributed by atoms with Crippen molar-refractivity contribution in [2.75, 3.05) is 12.4 Å². The number of hydrogen-bond donors (Lipinski definition) is 1. The first-order valence-corrected chi connectivity index (χ1v) is 7.18. The first-order valence-electron chi connectivity index (χ1n) is 6.01. The van der Waals surface area contributed by atoms with Gasteiger partial charge in [-0.1, -0.05) is 17.7 Å². The van der Waals surface area contributed by atoms with E-state index in [1.807, 2.05) is 18.2 Å². The topological polar surface area (TPSA) is 64.4 Å². The van der Waals surface area contributed by atoms with Gasteiger partial charge in [-0.15, -0.1) is 0 Å². The second-order valence-electron chi connectivity index (χ2n) is 4.25. The number of nitrogens with zero attached hydrogens (tertiary/aromatic N) is 1. The van der Waals surface area contributed by atoms with E-state index in [2.05, 4.69) is 21.2 Å². The number of nitro benzene ring substituents is 1. The van der Waals surface area contributed by atoms with Crippen molar-refractivity contribution in [2.24, 2.45) is 0 Å². The SMILES string of the molecule is COc1cc(NCc2ccc(Cl)c([N+](=O)[O-])c2)ccc1Br. The molecule has 0 aliphatic carbocycles. The number of rotatable bonds is 5. The second kappa shape index (κ2) is 6.78. The van der Waals surface area contributed by atoms with Crippen LogP contribution in [0.5, 0.6) is 5.75 Å². The first-order chi connectivity index (χ1) is 10.0. The monoisotopic (exact) mass is 370 g/mol. The summed E-state index contributed by atoms with van der Waals surface area (Å²) in [4.78, 5) is 10.4. The standard InChI is InChI=1S/C14H12BrClN2O3/c1-21-14-7-10(3-4-11(14)15)17-8-9-2-5-12(16)13(6-9)18(19)20/h2-7,17H,8H2,1H3. The van der Waals surface area contributed by atoms with Crippen LogP contribution >= 0.6 is 27.5 Å². The first kappa shape index (κ1) is 15.6. The lowest BCUT2D eigenvalue weighted by atomic mass is 10.2. The summed E-state index contributed by atoms with van der Waals surface area (Å²) in [7, 11) is 1.59. The van der Waals surface area contributed by atoms with Crippen molar-refractivity contribution in [3.8, 4) is 5.75 Å². The molecule has 0 unspecified atom stereocenters. The average Bonchev–Trinajstić information content (AvgIpc) is 2.47. The van der Waals surface area contributed by atoms with E-state index >= 15 is 0 Å². The van der Waals surface area contributed by atoms with Crippen molar-refractivity contribution in [3.63, 3.8) is 0 Å². The molecule has 0 spiro atoms. The average molecular weight is 372 g/mol. The minimum absolute atomic E-state index is 0.0932. The van der Waals surface area contributed by atoms with Gasteiger partial charge in [0.15, 0.2) is 0 Å². The van der Waals surface area contributed by atoms with E-state index in [1.165, 1.54) is 12.1 Å². The number of halogens is 2. The minimum Gasteiger partial charge on any atom is -0.495 e. The van der Waals surface area contributed by atoms with E-state index in [9.17, 15) is 10.1 Å². The molecule has 0 aliphatic rings. The lowest BCUT2D eigenvalue weighted by Crippen LogP contribution is -2.01. The van der Waals surface area contributed by atoms with Crippen LogP contribution in [-0.2, 0) is 6.54 Å². The van der Waals surface area contributed by atoms with E-state index in [-0.39, 0.29) is 10.7 Å². The number of ether oxygens (including phenoxy) is 1. The van der Waals surface area contributed by atoms with Crippen LogP contribution in [0.4, 0.5) is 11.4 Å². The van der Waals surface area contributed by atoms with Gasteiger partial charge in [-0.2, -0.15) is 0 Å². The van der Waals surface area contributed by atoms with Gasteiger partial charge in [-0.05, 0) is 39.7 Å². The third kappa shape index (κ3) is 3.86. The number of methoxy groups -OCH3 is 1. The number of hydrogen-bond acceptors (Lipinski definition) is 4. The maximum absolute atomic E-state index is 10.8. The minimum atomic E-state index is -0.492. The van der Waals surface area contributed by atoms with E-state index < -0.39 is 4.92 Å². The van der Waals surface area contributed by atoms with Gasteiger partial charge in [0.1, 0.15) is 10.8 Å². The maximum Gasteiger partial charge on any atom is 0.288 e. The Morgan fingerprint density at radius 2 is 2.10 bits per heavy atom. The second-order valence-corrected chi connectivity index (χ2v) is 5.51. The molecule has 110 valence electrons. The highest BCUT2D eigenvalue weighted by Crippen LogP contribution is 2.29. The van der Waals surface area contributed by atoms with Gasteiger partial charge in [0.2, 0.25) is 0 Å². The molecule has 1 N–H and O–H groups in total. The fourth-order valence-corrected chi connectivity index (χ4v) is 2.38. The molecule has 0 fully saturated rings. The Morgan fingerprint density at radius 1 is 1.33 bits per heavy atom. The molecule has 0 radical (unpaired) electrons. The lowest BCUT2D eigenvalue weighted by molar-refractivity contribution is -0.384. The molecule has 0 atom stereocenters. The molecule has 5 nitrogen and oxygen atoms in total. The zero-order chi connectivity index (χ0) is 15.4. The summed E-state index contributed by atoms with van der Waals surface area (Å²) < 4.78 is 6.07. The number of anilines is 1. The van der Waals surface area contributed by atoms with Gasteiger partial charge in [-0.3, -0.25) is 10.1 Å². The molecule has 21 heavy (non-hydrogen) atoms. The van der Waals surface area contributed by atoms with Crippen LogP contribution < -0.4 is 10.1 Å². The van der Waals surface area contributed by atoms with Gasteiger partial charge >= 0.3 is 0 Å². The molecule has 0 saturated carbocycles. The van der Waals surface area contributed by atoms with Gasteiger partial charge in [0, 0.05) is 24.4 Å². The van der Waals surface area contributed by atoms with Crippen LogP contribution in [0.25, 0.3) is 0 Å². The smallest absolute Gasteiger partial charge is 0.288 e. The van der Waals surface area contributed by atoms with E-state index in [0.717, 1.165) is 15.7 Å². The predicted octanol–water partition coefficient (Wildman–Crippen LogP) is 4.63. The van der Waals surface area contributed by atoms with Gasteiger partial charge in [0.25, 0.3) is 5.69 Å². The lowest BCUT2D eigenvalue weighted by Gasteiger charge is -2.09. The summed E-state index contributed by atoms with van der Waals surface area (Å²) in [6, 6.07) is 10.3. The third-order valence-corrected chi connectivity index (χ3v) is 3.83. The highest BCUT2D eigenvalue weighted by molar-refractivity contribution is 9.10. The molecule has 0 aliphatic heterocycles. The number of benzene rings is 2. The van der Waals surface area contributed by atoms with Crippen LogP contribution in [0.3, 0.4) is 0 Å². The zero-order valence-electron chi connectivity index (χ0n) is 11.1. The molecule has 0 aromatic heterocycles. The molecule has 2 rings (SSSR count). The third-order valence-electron chi connectivity index (χ3n) is 2.85. The maximum atomic E-state index is 10.8. The van der Waals surface area contributed by atoms with Crippen molar-refractivity contribution in [1.29, 1.82) is 0 Å². The van der Waals surface area contributed by atoms with Gasteiger partial charge in [-0.25, -0.2) is 0 Å². The Morgan fingerprint density at radius 3 is 2.76 bits per heavy atom. The Kier molecular flexibility index (Phi) is 5.03. The molecular weight excluding hydrogens is 360 g/mol. The molecular formula is C14H12BrClN2O3. The van der Waals surface area contributed by atoms with Gasteiger partial charge in [0.05, 0.1) is 16.5 Å². The van der Waals surface area contributed by atoms with Gasteiger partial charge < -0.3 is 10.1 Å². The molecule has 0 heterocycles. The Balaban J connectivity index is 2.13. The van der Waals surface area contributed by atoms with Crippen LogP contribution in [0, 0.1) is 10.1 Å². The summed E-state index contributed by atoms with van der Waals surface area (Å²) >= 11 is 9.16. The normalized spacial score (nSPS) is 10.2. The van der Waals surface area contributed by atoms with Crippen LogP contribution in [0.2, 0.25) is 5.02 Å². The summed E-state index contributed by atoms with van der Waals surface area (Å²) in [6.07, 6.45) is 0. The van der Waals surface area contributed by atoms with Crippen molar-refractivity contribution in [3.05, 3.63) is 61.6 Å². The molecule has 0 amide bonds. The fourth-order valence-electron chi connectivity index (χ4n) is 1.78. The Hall–Kier alpha value is -1.79. The van der Waals surface area contributed by atoms with Crippen molar-refractivity contribution >= 4 is 38.9 Å². The number of nitro groups is 1. The fraction of sp³-hybridized carbons (Fsp3) is 0.143. The Bertz CT molecular complexity index is 679. The summed E-state index contributed by atoms with van der Waals surface area (Å²) in [5.74, 6) is 0.710.